The van der Waals surface area contributed by atoms with E-state index in [1.807, 2.05) is 31.2 Å². The number of amides is 2. The first kappa shape index (κ1) is 10.6. The Morgan fingerprint density at radius 2 is 2.06 bits per heavy atom. The number of aromatic nitrogens is 1. The molecule has 0 bridgehead atoms. The molecule has 0 saturated heterocycles. The summed E-state index contributed by atoms with van der Waals surface area (Å²) in [4.78, 5) is 14.9. The maximum Gasteiger partial charge on any atom is 0.317 e. The van der Waals surface area contributed by atoms with E-state index in [4.69, 9.17) is 5.73 Å². The van der Waals surface area contributed by atoms with Crippen LogP contribution in [0.3, 0.4) is 0 Å². The van der Waals surface area contributed by atoms with Crippen LogP contribution in [0.15, 0.2) is 29.6 Å². The lowest BCUT2D eigenvalue weighted by Crippen LogP contribution is -2.19. The molecule has 16 heavy (non-hydrogen) atoms. The van der Waals surface area contributed by atoms with Gasteiger partial charge in [0, 0.05) is 10.9 Å². The zero-order chi connectivity index (χ0) is 11.5. The molecule has 0 atom stereocenters. The minimum atomic E-state index is -0.597. The molecule has 0 unspecified atom stereocenters. The second-order valence-corrected chi connectivity index (χ2v) is 4.25. The zero-order valence-electron chi connectivity index (χ0n) is 8.73. The number of urea groups is 1. The van der Waals surface area contributed by atoms with E-state index in [1.54, 1.807) is 5.38 Å². The van der Waals surface area contributed by atoms with Gasteiger partial charge in [0.1, 0.15) is 10.8 Å². The second kappa shape index (κ2) is 4.32. The maximum absolute atomic E-state index is 10.6. The molecule has 2 amide bonds. The summed E-state index contributed by atoms with van der Waals surface area (Å²) in [6, 6.07) is 7.46. The van der Waals surface area contributed by atoms with Crippen LogP contribution in [0.2, 0.25) is 0 Å². The Morgan fingerprint density at radius 3 is 2.69 bits per heavy atom. The smallest absolute Gasteiger partial charge is 0.317 e. The Labute approximate surface area is 97.1 Å². The lowest BCUT2D eigenvalue weighted by atomic mass is 10.2. The standard InChI is InChI=1S/C11H11N3OS/c1-7-2-4-8(5-3-7)10-13-9(6-16-10)14-11(12)15/h2-6H,1H3,(H3,12,14,15). The third-order valence-electron chi connectivity index (χ3n) is 2.05. The normalized spacial score (nSPS) is 10.1. The van der Waals surface area contributed by atoms with Crippen molar-refractivity contribution in [1.29, 1.82) is 0 Å². The van der Waals surface area contributed by atoms with Crippen LogP contribution in [0.1, 0.15) is 5.56 Å². The highest BCUT2D eigenvalue weighted by Crippen LogP contribution is 2.25. The predicted molar refractivity (Wildman–Crippen MR) is 65.5 cm³/mol. The first-order chi connectivity index (χ1) is 7.65. The molecular formula is C11H11N3OS. The number of carbonyl (C=O) groups excluding carboxylic acids is 1. The molecule has 0 aliphatic heterocycles. The molecule has 1 aromatic heterocycles. The van der Waals surface area contributed by atoms with Crippen LogP contribution in [-0.4, -0.2) is 11.0 Å². The maximum atomic E-state index is 10.6. The lowest BCUT2D eigenvalue weighted by Gasteiger charge is -1.97. The summed E-state index contributed by atoms with van der Waals surface area (Å²) in [5.74, 6) is 0.494. The van der Waals surface area contributed by atoms with Crippen molar-refractivity contribution in [2.45, 2.75) is 6.92 Å². The summed E-state index contributed by atoms with van der Waals surface area (Å²) in [5.41, 5.74) is 7.25. The number of nitrogens with two attached hydrogens (primary N) is 1. The van der Waals surface area contributed by atoms with Crippen molar-refractivity contribution >= 4 is 23.2 Å². The molecule has 1 aromatic carbocycles. The van der Waals surface area contributed by atoms with Gasteiger partial charge in [-0.3, -0.25) is 5.32 Å². The van der Waals surface area contributed by atoms with Crippen LogP contribution in [-0.2, 0) is 0 Å². The highest BCUT2D eigenvalue weighted by molar-refractivity contribution is 7.13. The average Bonchev–Trinajstić information content (AvgIpc) is 2.66. The van der Waals surface area contributed by atoms with Crippen molar-refractivity contribution in [3.63, 3.8) is 0 Å². The molecular weight excluding hydrogens is 222 g/mol. The molecule has 2 aromatic rings. The Hall–Kier alpha value is -1.88. The number of benzene rings is 1. The Balaban J connectivity index is 2.24. The number of primary amides is 1. The summed E-state index contributed by atoms with van der Waals surface area (Å²) in [5, 5.41) is 5.07. The number of nitrogens with one attached hydrogen (secondary N) is 1. The van der Waals surface area contributed by atoms with E-state index in [9.17, 15) is 4.79 Å². The number of hydrogen-bond acceptors (Lipinski definition) is 3. The summed E-state index contributed by atoms with van der Waals surface area (Å²) >= 11 is 1.47. The van der Waals surface area contributed by atoms with Gasteiger partial charge in [-0.25, -0.2) is 9.78 Å². The van der Waals surface area contributed by atoms with Gasteiger partial charge in [-0.1, -0.05) is 29.8 Å². The summed E-state index contributed by atoms with van der Waals surface area (Å²) < 4.78 is 0. The number of hydrogen-bond donors (Lipinski definition) is 2. The van der Waals surface area contributed by atoms with Gasteiger partial charge in [-0.2, -0.15) is 0 Å². The van der Waals surface area contributed by atoms with E-state index in [1.165, 1.54) is 16.9 Å². The molecule has 0 fully saturated rings. The number of nitrogens with zero attached hydrogens (tertiary/aromatic N) is 1. The van der Waals surface area contributed by atoms with E-state index in [-0.39, 0.29) is 0 Å². The van der Waals surface area contributed by atoms with E-state index < -0.39 is 6.03 Å². The first-order valence-corrected chi connectivity index (χ1v) is 5.62. The fourth-order valence-corrected chi connectivity index (χ4v) is 2.04. The topological polar surface area (TPSA) is 68.0 Å². The zero-order valence-corrected chi connectivity index (χ0v) is 9.54. The fourth-order valence-electron chi connectivity index (χ4n) is 1.29. The van der Waals surface area contributed by atoms with E-state index in [2.05, 4.69) is 10.3 Å². The van der Waals surface area contributed by atoms with Gasteiger partial charge in [-0.05, 0) is 6.92 Å². The van der Waals surface area contributed by atoms with Gasteiger partial charge >= 0.3 is 6.03 Å². The average molecular weight is 233 g/mol. The second-order valence-electron chi connectivity index (χ2n) is 3.39. The van der Waals surface area contributed by atoms with Gasteiger partial charge in [0.2, 0.25) is 0 Å². The van der Waals surface area contributed by atoms with Crippen molar-refractivity contribution in [3.05, 3.63) is 35.2 Å². The molecule has 3 N–H and O–H groups in total. The Morgan fingerprint density at radius 1 is 1.38 bits per heavy atom. The first-order valence-electron chi connectivity index (χ1n) is 4.74. The van der Waals surface area contributed by atoms with E-state index >= 15 is 0 Å². The molecule has 2 rings (SSSR count). The largest absolute Gasteiger partial charge is 0.351 e. The van der Waals surface area contributed by atoms with Crippen LogP contribution in [0, 0.1) is 6.92 Å². The number of thiazole rings is 1. The van der Waals surface area contributed by atoms with Crippen molar-refractivity contribution in [2.75, 3.05) is 5.32 Å². The third kappa shape index (κ3) is 2.38. The molecule has 0 spiro atoms. The molecule has 82 valence electrons. The Kier molecular flexibility index (Phi) is 2.87. The molecule has 1 heterocycles. The molecule has 0 aliphatic carbocycles. The van der Waals surface area contributed by atoms with Crippen LogP contribution in [0.25, 0.3) is 10.6 Å². The van der Waals surface area contributed by atoms with Gasteiger partial charge in [0.15, 0.2) is 0 Å². The van der Waals surface area contributed by atoms with E-state index in [0.29, 0.717) is 5.82 Å². The monoisotopic (exact) mass is 233 g/mol. The summed E-state index contributed by atoms with van der Waals surface area (Å²) in [6.07, 6.45) is 0. The lowest BCUT2D eigenvalue weighted by molar-refractivity contribution is 0.259. The fraction of sp³-hybridized carbons (Fsp3) is 0.0909. The molecule has 5 heteroatoms. The summed E-state index contributed by atoms with van der Waals surface area (Å²) in [7, 11) is 0. The number of aryl methyl sites for hydroxylation is 1. The quantitative estimate of drug-likeness (QED) is 0.837. The highest BCUT2D eigenvalue weighted by atomic mass is 32.1. The predicted octanol–water partition coefficient (Wildman–Crippen LogP) is 2.61. The molecule has 4 nitrogen and oxygen atoms in total. The molecule has 0 aliphatic rings. The van der Waals surface area contributed by atoms with Gasteiger partial charge in [0.25, 0.3) is 0 Å². The van der Waals surface area contributed by atoms with E-state index in [0.717, 1.165) is 10.6 Å². The number of rotatable bonds is 2. The van der Waals surface area contributed by atoms with Crippen molar-refractivity contribution < 1.29 is 4.79 Å². The SMILES string of the molecule is Cc1ccc(-c2nc(NC(N)=O)cs2)cc1. The van der Waals surface area contributed by atoms with Crippen molar-refractivity contribution in [1.82, 2.24) is 4.98 Å². The highest BCUT2D eigenvalue weighted by Gasteiger charge is 2.05. The van der Waals surface area contributed by atoms with Gasteiger partial charge < -0.3 is 5.73 Å². The van der Waals surface area contributed by atoms with Crippen LogP contribution in [0.5, 0.6) is 0 Å². The van der Waals surface area contributed by atoms with Crippen LogP contribution in [0.4, 0.5) is 10.6 Å². The Bertz CT molecular complexity index is 504. The van der Waals surface area contributed by atoms with Gasteiger partial charge in [0.05, 0.1) is 0 Å². The van der Waals surface area contributed by atoms with Crippen LogP contribution < -0.4 is 11.1 Å². The van der Waals surface area contributed by atoms with Crippen molar-refractivity contribution in [2.24, 2.45) is 5.73 Å². The van der Waals surface area contributed by atoms with Crippen molar-refractivity contribution in [3.8, 4) is 10.6 Å². The van der Waals surface area contributed by atoms with Crippen LogP contribution >= 0.6 is 11.3 Å². The number of carbonyl (C=O) groups is 1. The molecule has 0 radical (unpaired) electrons. The molecule has 0 saturated carbocycles. The number of anilines is 1. The minimum absolute atomic E-state index is 0.494. The third-order valence-corrected chi connectivity index (χ3v) is 2.95. The summed E-state index contributed by atoms with van der Waals surface area (Å²) in [6.45, 7) is 2.03. The minimum Gasteiger partial charge on any atom is -0.351 e. The van der Waals surface area contributed by atoms with Gasteiger partial charge in [-0.15, -0.1) is 11.3 Å².